The van der Waals surface area contributed by atoms with Gasteiger partial charge in [0.25, 0.3) is 11.5 Å². The molecule has 3 aromatic carbocycles. The maximum Gasteiger partial charge on any atom is 0.271 e. The van der Waals surface area contributed by atoms with E-state index in [1.54, 1.807) is 10.8 Å². The van der Waals surface area contributed by atoms with Crippen molar-refractivity contribution in [1.82, 2.24) is 14.8 Å². The summed E-state index contributed by atoms with van der Waals surface area (Å²) in [5, 5.41) is 10.3. The van der Waals surface area contributed by atoms with Crippen molar-refractivity contribution in [3.63, 3.8) is 0 Å². The summed E-state index contributed by atoms with van der Waals surface area (Å²) >= 11 is 1.31. The summed E-state index contributed by atoms with van der Waals surface area (Å²) in [6.07, 6.45) is 3.55. The molecule has 2 aromatic heterocycles. The molecule has 1 aliphatic heterocycles. The Morgan fingerprint density at radius 3 is 2.41 bits per heavy atom. The number of allylic oxidation sites excluding steroid dienone is 1. The topological polar surface area (TPSA) is 92.1 Å². The Morgan fingerprint density at radius 1 is 0.974 bits per heavy atom. The zero-order valence-corrected chi connectivity index (χ0v) is 22.2. The highest BCUT2D eigenvalue weighted by Crippen LogP contribution is 2.31. The number of H-pyrrole nitrogens is 1. The van der Waals surface area contributed by atoms with Gasteiger partial charge in [-0.3, -0.25) is 19.3 Å². The molecular weight excluding hydrogens is 506 g/mol. The highest BCUT2D eigenvalue weighted by Gasteiger charge is 2.32. The minimum absolute atomic E-state index is 0.207. The van der Waals surface area contributed by atoms with E-state index in [-0.39, 0.29) is 11.5 Å². The Balaban J connectivity index is 1.49. The van der Waals surface area contributed by atoms with E-state index in [0.717, 1.165) is 33.6 Å². The van der Waals surface area contributed by atoms with Crippen molar-refractivity contribution in [2.24, 2.45) is 4.99 Å². The molecule has 0 radical (unpaired) electrons. The average Bonchev–Trinajstić information content (AvgIpc) is 3.54. The first kappa shape index (κ1) is 24.5. The second-order valence-corrected chi connectivity index (χ2v) is 10.3. The number of nitrogens with zero attached hydrogens (tertiary/aromatic N) is 3. The summed E-state index contributed by atoms with van der Waals surface area (Å²) < 4.78 is 2.15. The fourth-order valence-electron chi connectivity index (χ4n) is 4.85. The smallest absolute Gasteiger partial charge is 0.271 e. The highest BCUT2D eigenvalue weighted by atomic mass is 32.1. The van der Waals surface area contributed by atoms with Crippen molar-refractivity contribution >= 4 is 29.0 Å². The number of hydrogen-bond donors (Lipinski definition) is 2. The number of benzene rings is 3. The SMILES string of the molecule is CC1=C(C(=O)Nc2ccccc2C)[C@@H](c2ccccc2)n2c(sc(=Cc3cn[nH]c3-c3ccccc3)c2=O)=N1. The summed E-state index contributed by atoms with van der Waals surface area (Å²) in [5.41, 5.74) is 5.93. The molecule has 0 unspecified atom stereocenters. The van der Waals surface area contributed by atoms with E-state index in [9.17, 15) is 9.59 Å². The number of carbonyl (C=O) groups is 1. The molecule has 0 fully saturated rings. The molecule has 8 heteroatoms. The molecule has 5 aromatic rings. The second-order valence-electron chi connectivity index (χ2n) is 9.33. The van der Waals surface area contributed by atoms with Gasteiger partial charge in [0.2, 0.25) is 0 Å². The third-order valence-corrected chi connectivity index (χ3v) is 7.78. The molecule has 1 amide bonds. The fraction of sp³-hybridized carbons (Fsp3) is 0.0968. The number of para-hydroxylation sites is 1. The maximum atomic E-state index is 14.0. The summed E-state index contributed by atoms with van der Waals surface area (Å²) in [6.45, 7) is 3.77. The number of aromatic amines is 1. The van der Waals surface area contributed by atoms with Gasteiger partial charge in [-0.1, -0.05) is 90.2 Å². The zero-order chi connectivity index (χ0) is 26.9. The van der Waals surface area contributed by atoms with Gasteiger partial charge in [0.15, 0.2) is 4.80 Å². The predicted molar refractivity (Wildman–Crippen MR) is 154 cm³/mol. The van der Waals surface area contributed by atoms with Gasteiger partial charge in [0, 0.05) is 16.8 Å². The maximum absolute atomic E-state index is 14.0. The van der Waals surface area contributed by atoms with Gasteiger partial charge in [-0.25, -0.2) is 4.99 Å². The molecule has 2 N–H and O–H groups in total. The van der Waals surface area contributed by atoms with Gasteiger partial charge >= 0.3 is 0 Å². The molecule has 0 saturated carbocycles. The highest BCUT2D eigenvalue weighted by molar-refractivity contribution is 7.07. The van der Waals surface area contributed by atoms with Crippen molar-refractivity contribution in [2.75, 3.05) is 5.32 Å². The minimum Gasteiger partial charge on any atom is -0.322 e. The third-order valence-electron chi connectivity index (χ3n) is 6.79. The predicted octanol–water partition coefficient (Wildman–Crippen LogP) is 4.57. The molecule has 39 heavy (non-hydrogen) atoms. The van der Waals surface area contributed by atoms with Crippen LogP contribution >= 0.6 is 11.3 Å². The Bertz CT molecular complexity index is 1900. The van der Waals surface area contributed by atoms with Gasteiger partial charge in [-0.15, -0.1) is 0 Å². The van der Waals surface area contributed by atoms with Gasteiger partial charge in [0.05, 0.1) is 33.7 Å². The van der Waals surface area contributed by atoms with Crippen molar-refractivity contribution in [1.29, 1.82) is 0 Å². The Hall–Kier alpha value is -4.82. The van der Waals surface area contributed by atoms with E-state index in [2.05, 4.69) is 15.5 Å². The Morgan fingerprint density at radius 2 is 1.67 bits per heavy atom. The molecule has 7 nitrogen and oxygen atoms in total. The molecule has 3 heterocycles. The number of aromatic nitrogens is 3. The Kier molecular flexibility index (Phi) is 6.38. The quantitative estimate of drug-likeness (QED) is 0.348. The number of rotatable bonds is 5. The number of carbonyl (C=O) groups excluding carboxylic acids is 1. The number of hydrogen-bond acceptors (Lipinski definition) is 5. The molecule has 0 saturated heterocycles. The molecular formula is C31H25N5O2S. The largest absolute Gasteiger partial charge is 0.322 e. The molecule has 0 spiro atoms. The summed E-state index contributed by atoms with van der Waals surface area (Å²) in [6, 6.07) is 26.5. The minimum atomic E-state index is -0.619. The van der Waals surface area contributed by atoms with E-state index in [1.165, 1.54) is 11.3 Å². The van der Waals surface area contributed by atoms with E-state index in [1.807, 2.05) is 105 Å². The summed E-state index contributed by atoms with van der Waals surface area (Å²) in [7, 11) is 0. The van der Waals surface area contributed by atoms with Crippen LogP contribution in [-0.4, -0.2) is 20.7 Å². The van der Waals surface area contributed by atoms with Crippen molar-refractivity contribution in [3.05, 3.63) is 139 Å². The summed E-state index contributed by atoms with van der Waals surface area (Å²) in [5.74, 6) is -0.283. The number of anilines is 1. The molecule has 0 bridgehead atoms. The molecule has 192 valence electrons. The van der Waals surface area contributed by atoms with Gasteiger partial charge < -0.3 is 5.32 Å². The zero-order valence-electron chi connectivity index (χ0n) is 21.4. The number of fused-ring (bicyclic) bond motifs is 1. The van der Waals surface area contributed by atoms with Crippen molar-refractivity contribution in [2.45, 2.75) is 19.9 Å². The lowest BCUT2D eigenvalue weighted by atomic mass is 9.95. The number of thiazole rings is 1. The standard InChI is InChI=1S/C31H25N5O2S/c1-19-11-9-10-16-24(19)34-29(37)26-20(2)33-31-36(28(26)22-14-7-4-8-15-22)30(38)25(39-31)17-23-18-32-35-27(23)21-12-5-3-6-13-21/h3-18,28H,1-2H3,(H,32,35)(H,34,37)/t28-/m1/s1. The van der Waals surface area contributed by atoms with Crippen LogP contribution in [0.15, 0.2) is 112 Å². The van der Waals surface area contributed by atoms with Crippen LogP contribution in [0.25, 0.3) is 17.3 Å². The van der Waals surface area contributed by atoms with Gasteiger partial charge in [-0.2, -0.15) is 5.10 Å². The van der Waals surface area contributed by atoms with Crippen LogP contribution in [0.4, 0.5) is 5.69 Å². The first-order chi connectivity index (χ1) is 19.0. The molecule has 6 rings (SSSR count). The van der Waals surface area contributed by atoms with Gasteiger partial charge in [-0.05, 0) is 37.1 Å². The number of amides is 1. The molecule has 1 aliphatic rings. The molecule has 0 aliphatic carbocycles. The van der Waals surface area contributed by atoms with E-state index in [4.69, 9.17) is 4.99 Å². The molecule has 1 atom stereocenters. The summed E-state index contributed by atoms with van der Waals surface area (Å²) in [4.78, 5) is 33.0. The second kappa shape index (κ2) is 10.2. The average molecular weight is 532 g/mol. The lowest BCUT2D eigenvalue weighted by Gasteiger charge is -2.25. The van der Waals surface area contributed by atoms with Crippen LogP contribution in [-0.2, 0) is 4.79 Å². The van der Waals surface area contributed by atoms with Crippen LogP contribution in [0, 0.1) is 6.92 Å². The first-order valence-electron chi connectivity index (χ1n) is 12.5. The monoisotopic (exact) mass is 531 g/mol. The number of aryl methyl sites for hydroxylation is 1. The lowest BCUT2D eigenvalue weighted by Crippen LogP contribution is -2.40. The lowest BCUT2D eigenvalue weighted by molar-refractivity contribution is -0.113. The van der Waals surface area contributed by atoms with Crippen LogP contribution < -0.4 is 20.2 Å². The normalized spacial score (nSPS) is 15.1. The van der Waals surface area contributed by atoms with E-state index in [0.29, 0.717) is 20.6 Å². The number of nitrogens with one attached hydrogen (secondary N) is 2. The van der Waals surface area contributed by atoms with E-state index < -0.39 is 6.04 Å². The first-order valence-corrected chi connectivity index (χ1v) is 13.4. The third kappa shape index (κ3) is 4.55. The van der Waals surface area contributed by atoms with Crippen molar-refractivity contribution < 1.29 is 4.79 Å². The van der Waals surface area contributed by atoms with Gasteiger partial charge in [0.1, 0.15) is 0 Å². The van der Waals surface area contributed by atoms with Crippen LogP contribution in [0.1, 0.15) is 29.7 Å². The van der Waals surface area contributed by atoms with Crippen LogP contribution in [0.2, 0.25) is 0 Å². The van der Waals surface area contributed by atoms with E-state index >= 15 is 0 Å². The van der Waals surface area contributed by atoms with Crippen LogP contribution in [0.3, 0.4) is 0 Å². The fourth-order valence-corrected chi connectivity index (χ4v) is 5.89. The van der Waals surface area contributed by atoms with Crippen LogP contribution in [0.5, 0.6) is 0 Å². The van der Waals surface area contributed by atoms with Crippen molar-refractivity contribution in [3.8, 4) is 11.3 Å². The Labute approximate surface area is 228 Å².